The Labute approximate surface area is 260 Å². The summed E-state index contributed by atoms with van der Waals surface area (Å²) in [4.78, 5) is 38.1. The summed E-state index contributed by atoms with van der Waals surface area (Å²) >= 11 is 0. The van der Waals surface area contributed by atoms with Crippen molar-refractivity contribution in [2.45, 2.75) is 128 Å². The van der Waals surface area contributed by atoms with Crippen molar-refractivity contribution < 1.29 is 43.5 Å². The summed E-state index contributed by atoms with van der Waals surface area (Å²) in [5.41, 5.74) is 0.347. The molecular weight excluding hydrogens is 568 g/mol. The molecule has 0 aromatic rings. The molecule has 4 aliphatic heterocycles. The molecule has 4 rings (SSSR count). The first-order chi connectivity index (χ1) is 20.8. The van der Waals surface area contributed by atoms with Gasteiger partial charge in [-0.05, 0) is 58.4 Å². The Bertz CT molecular complexity index is 1110. The number of carbonyl (C=O) groups excluding carboxylic acids is 3. The minimum atomic E-state index is -0.808. The first-order valence-electron chi connectivity index (χ1n) is 15.9. The maximum absolute atomic E-state index is 12.9. The molecule has 0 radical (unpaired) electrons. The van der Waals surface area contributed by atoms with E-state index in [2.05, 4.69) is 18.3 Å². The zero-order valence-electron chi connectivity index (χ0n) is 26.6. The van der Waals surface area contributed by atoms with E-state index in [0.717, 1.165) is 12.0 Å². The molecule has 4 fully saturated rings. The lowest BCUT2D eigenvalue weighted by Gasteiger charge is -2.39. The van der Waals surface area contributed by atoms with Gasteiger partial charge in [0.2, 0.25) is 11.8 Å². The molecule has 4 heterocycles. The maximum atomic E-state index is 12.9. The molecule has 0 aromatic heterocycles. The smallest absolute Gasteiger partial charge is 0.303 e. The van der Waals surface area contributed by atoms with E-state index in [4.69, 9.17) is 18.9 Å². The number of rotatable bonds is 10. The minimum absolute atomic E-state index is 0.00743. The molecule has 2 amide bonds. The van der Waals surface area contributed by atoms with Gasteiger partial charge >= 0.3 is 5.97 Å². The van der Waals surface area contributed by atoms with Crippen LogP contribution in [0.2, 0.25) is 0 Å². The molecule has 0 aliphatic carbocycles. The highest BCUT2D eigenvalue weighted by Crippen LogP contribution is 2.43. The molecule has 246 valence electrons. The average molecular weight is 619 g/mol. The van der Waals surface area contributed by atoms with Crippen LogP contribution in [-0.2, 0) is 33.3 Å². The zero-order chi connectivity index (χ0) is 32.0. The van der Waals surface area contributed by atoms with E-state index < -0.39 is 29.9 Å². The molecule has 11 heteroatoms. The number of aliphatic hydroxyl groups is 2. The van der Waals surface area contributed by atoms with Gasteiger partial charge in [-0.2, -0.15) is 0 Å². The third-order valence-corrected chi connectivity index (χ3v) is 9.14. The fraction of sp³-hybridized carbons (Fsp3) is 0.727. The summed E-state index contributed by atoms with van der Waals surface area (Å²) < 4.78 is 23.2. The standard InChI is InChI=1S/C33H50N2O9/c1-20(6-9-28-21(2)16-27(23(4)43-28)34-30(38)11-8-22(3)42-24(5)36)7-10-29-32(40)33(19-41-33)18-26(44-29)17-31(39)35-14-12-25(37)13-15-35/h6-8,10-11,21-23,25-29,32,37,40H,9,12-19H2,1-5H3,(H,34,38). The van der Waals surface area contributed by atoms with Crippen molar-refractivity contribution in [3.05, 3.63) is 36.0 Å². The van der Waals surface area contributed by atoms with Gasteiger partial charge in [-0.15, -0.1) is 0 Å². The minimum Gasteiger partial charge on any atom is -0.459 e. The van der Waals surface area contributed by atoms with Gasteiger partial charge in [0.25, 0.3) is 0 Å². The fourth-order valence-corrected chi connectivity index (χ4v) is 6.33. The first kappa shape index (κ1) is 34.3. The molecule has 11 nitrogen and oxygen atoms in total. The molecular formula is C33H50N2O9. The molecule has 4 saturated heterocycles. The van der Waals surface area contributed by atoms with Crippen molar-refractivity contribution in [1.82, 2.24) is 10.2 Å². The van der Waals surface area contributed by atoms with Crippen molar-refractivity contribution in [1.29, 1.82) is 0 Å². The summed E-state index contributed by atoms with van der Waals surface area (Å²) in [6, 6.07) is -0.129. The monoisotopic (exact) mass is 618 g/mol. The lowest BCUT2D eigenvalue weighted by molar-refractivity contribution is -0.152. The van der Waals surface area contributed by atoms with Gasteiger partial charge in [-0.1, -0.05) is 30.7 Å². The number of aliphatic hydroxyl groups excluding tert-OH is 2. The van der Waals surface area contributed by atoms with E-state index in [1.165, 1.54) is 13.0 Å². The summed E-state index contributed by atoms with van der Waals surface area (Å²) in [7, 11) is 0. The largest absolute Gasteiger partial charge is 0.459 e. The third kappa shape index (κ3) is 9.47. The van der Waals surface area contributed by atoms with E-state index in [1.54, 1.807) is 17.9 Å². The van der Waals surface area contributed by atoms with Gasteiger partial charge in [-0.3, -0.25) is 14.4 Å². The molecule has 1 spiro atoms. The lowest BCUT2D eigenvalue weighted by Crippen LogP contribution is -2.51. The second kappa shape index (κ2) is 15.1. The van der Waals surface area contributed by atoms with Crippen LogP contribution in [0.25, 0.3) is 0 Å². The summed E-state index contributed by atoms with van der Waals surface area (Å²) in [6.45, 7) is 10.6. The number of allylic oxidation sites excluding steroid dienone is 2. The van der Waals surface area contributed by atoms with Crippen molar-refractivity contribution in [2.75, 3.05) is 19.7 Å². The second-order valence-corrected chi connectivity index (χ2v) is 13.0. The topological polar surface area (TPSA) is 147 Å². The molecule has 3 N–H and O–H groups in total. The Morgan fingerprint density at radius 3 is 2.48 bits per heavy atom. The van der Waals surface area contributed by atoms with Crippen LogP contribution in [0.5, 0.6) is 0 Å². The number of hydrogen-bond donors (Lipinski definition) is 3. The number of ether oxygens (including phenoxy) is 4. The van der Waals surface area contributed by atoms with E-state index in [0.29, 0.717) is 45.4 Å². The zero-order valence-corrected chi connectivity index (χ0v) is 26.6. The van der Waals surface area contributed by atoms with E-state index in [9.17, 15) is 24.6 Å². The van der Waals surface area contributed by atoms with Gasteiger partial charge in [0.15, 0.2) is 0 Å². The Kier molecular flexibility index (Phi) is 11.8. The van der Waals surface area contributed by atoms with Crippen molar-refractivity contribution in [3.63, 3.8) is 0 Å². The summed E-state index contributed by atoms with van der Waals surface area (Å²) in [6.07, 6.45) is 9.47. The first-order valence-corrected chi connectivity index (χ1v) is 15.9. The molecule has 44 heavy (non-hydrogen) atoms. The van der Waals surface area contributed by atoms with Crippen LogP contribution in [0, 0.1) is 5.92 Å². The average Bonchev–Trinajstić information content (AvgIpc) is 3.74. The van der Waals surface area contributed by atoms with Crippen molar-refractivity contribution in [3.8, 4) is 0 Å². The van der Waals surface area contributed by atoms with Gasteiger partial charge < -0.3 is 39.4 Å². The molecule has 9 unspecified atom stereocenters. The van der Waals surface area contributed by atoms with Gasteiger partial charge in [0, 0.05) is 32.5 Å². The maximum Gasteiger partial charge on any atom is 0.303 e. The lowest BCUT2D eigenvalue weighted by atomic mass is 9.87. The van der Waals surface area contributed by atoms with Crippen LogP contribution < -0.4 is 5.32 Å². The summed E-state index contributed by atoms with van der Waals surface area (Å²) in [5, 5.41) is 23.7. The third-order valence-electron chi connectivity index (χ3n) is 9.14. The molecule has 4 aliphatic rings. The van der Waals surface area contributed by atoms with E-state index >= 15 is 0 Å². The second-order valence-electron chi connectivity index (χ2n) is 13.0. The number of hydrogen-bond acceptors (Lipinski definition) is 9. The van der Waals surface area contributed by atoms with Crippen LogP contribution in [-0.4, -0.2) is 107 Å². The van der Waals surface area contributed by atoms with Crippen LogP contribution in [0.4, 0.5) is 0 Å². The van der Waals surface area contributed by atoms with Crippen LogP contribution in [0.3, 0.4) is 0 Å². The van der Waals surface area contributed by atoms with E-state index in [1.807, 2.05) is 26.0 Å². The molecule has 9 atom stereocenters. The van der Waals surface area contributed by atoms with Crippen LogP contribution in [0.15, 0.2) is 36.0 Å². The highest BCUT2D eigenvalue weighted by atomic mass is 16.6. The van der Waals surface area contributed by atoms with E-state index in [-0.39, 0.29) is 54.6 Å². The highest BCUT2D eigenvalue weighted by molar-refractivity contribution is 5.87. The number of amides is 2. The number of epoxide rings is 1. The number of nitrogens with one attached hydrogen (secondary N) is 1. The number of carbonyl (C=O) groups is 3. The number of esters is 1. The fourth-order valence-electron chi connectivity index (χ4n) is 6.33. The predicted molar refractivity (Wildman–Crippen MR) is 162 cm³/mol. The van der Waals surface area contributed by atoms with Crippen molar-refractivity contribution in [2.24, 2.45) is 5.92 Å². The highest BCUT2D eigenvalue weighted by Gasteiger charge is 2.58. The Morgan fingerprint density at radius 1 is 1.11 bits per heavy atom. The number of nitrogens with zero attached hydrogens (tertiary/aromatic N) is 1. The predicted octanol–water partition coefficient (Wildman–Crippen LogP) is 2.35. The normalized spacial score (nSPS) is 35.7. The summed E-state index contributed by atoms with van der Waals surface area (Å²) in [5.74, 6) is -0.425. The Morgan fingerprint density at radius 2 is 1.82 bits per heavy atom. The number of likely N-dealkylation sites (tertiary alicyclic amines) is 1. The number of piperidine rings is 1. The van der Waals surface area contributed by atoms with Crippen LogP contribution in [0.1, 0.15) is 73.1 Å². The molecule has 0 saturated carbocycles. The molecule has 0 aromatic carbocycles. The van der Waals surface area contributed by atoms with Gasteiger partial charge in [0.05, 0.1) is 43.5 Å². The van der Waals surface area contributed by atoms with Crippen LogP contribution >= 0.6 is 0 Å². The Hall–Kier alpha value is -2.57. The van der Waals surface area contributed by atoms with Gasteiger partial charge in [0.1, 0.15) is 23.9 Å². The Balaban J connectivity index is 1.26. The quantitative estimate of drug-likeness (QED) is 0.145. The van der Waals surface area contributed by atoms with Crippen molar-refractivity contribution >= 4 is 17.8 Å². The molecule has 0 bridgehead atoms. The van der Waals surface area contributed by atoms with Gasteiger partial charge in [-0.25, -0.2) is 0 Å². The SMILES string of the molecule is CC(=O)OC(C)C=CC(=O)NC1CC(C)C(CC=C(C)C=CC2OC(CC(=O)N3CCC(O)CC3)CC3(CO3)C2O)OC1C.